The number of carbonyl (C=O) groups excluding carboxylic acids is 2. The number of benzene rings is 1. The number of thiocarbonyl (C=S) groups is 1. The third-order valence-corrected chi connectivity index (χ3v) is 6.30. The van der Waals surface area contributed by atoms with Gasteiger partial charge >= 0.3 is 0 Å². The van der Waals surface area contributed by atoms with Crippen LogP contribution in [-0.2, 0) is 15.3 Å². The standard InChI is InChI=1S/C17H15NO2S2/c19-15-13-11-6-7-12(8-11)14(13)16(20)18(15)17(21)22-9-10-4-2-1-3-5-10/h1-7,11-14H,8-9H2/t11-,12+,13+,14-. The molecule has 4 atom stereocenters. The molecule has 1 aromatic rings. The van der Waals surface area contributed by atoms with Crippen LogP contribution in [-0.4, -0.2) is 21.0 Å². The van der Waals surface area contributed by atoms with Crippen LogP contribution in [0.25, 0.3) is 0 Å². The third-order valence-electron chi connectivity index (χ3n) is 4.86. The minimum atomic E-state index is -0.169. The Morgan fingerprint density at radius 3 is 2.27 bits per heavy atom. The first-order chi connectivity index (χ1) is 10.7. The highest BCUT2D eigenvalue weighted by atomic mass is 32.2. The minimum Gasteiger partial charge on any atom is -0.274 e. The second-order valence-corrected chi connectivity index (χ2v) is 7.66. The van der Waals surface area contributed by atoms with Crippen LogP contribution in [0.5, 0.6) is 0 Å². The average Bonchev–Trinajstić information content (AvgIpc) is 3.20. The topological polar surface area (TPSA) is 37.4 Å². The zero-order chi connectivity index (χ0) is 15.3. The van der Waals surface area contributed by atoms with Crippen molar-refractivity contribution in [1.29, 1.82) is 0 Å². The van der Waals surface area contributed by atoms with Crippen LogP contribution in [0.2, 0.25) is 0 Å². The first-order valence-electron chi connectivity index (χ1n) is 7.43. The molecule has 5 heteroatoms. The van der Waals surface area contributed by atoms with E-state index < -0.39 is 0 Å². The van der Waals surface area contributed by atoms with Crippen molar-refractivity contribution in [2.45, 2.75) is 12.2 Å². The highest BCUT2D eigenvalue weighted by molar-refractivity contribution is 8.22. The summed E-state index contributed by atoms with van der Waals surface area (Å²) in [5.74, 6) is 0.638. The average molecular weight is 329 g/mol. The van der Waals surface area contributed by atoms with Gasteiger partial charge in [0, 0.05) is 5.75 Å². The molecule has 2 amide bonds. The molecule has 1 heterocycles. The molecular weight excluding hydrogens is 314 g/mol. The van der Waals surface area contributed by atoms with E-state index in [1.165, 1.54) is 16.7 Å². The normalized spacial score (nSPS) is 31.9. The summed E-state index contributed by atoms with van der Waals surface area (Å²) in [6, 6.07) is 9.94. The van der Waals surface area contributed by atoms with E-state index in [1.807, 2.05) is 30.3 Å². The van der Waals surface area contributed by atoms with Gasteiger partial charge in [-0.1, -0.05) is 66.5 Å². The number of rotatable bonds is 2. The van der Waals surface area contributed by atoms with Crippen molar-refractivity contribution in [3.8, 4) is 0 Å². The van der Waals surface area contributed by atoms with Gasteiger partial charge in [-0.2, -0.15) is 0 Å². The van der Waals surface area contributed by atoms with Crippen molar-refractivity contribution in [3.05, 3.63) is 48.0 Å². The molecule has 3 aliphatic rings. The van der Waals surface area contributed by atoms with Crippen molar-refractivity contribution in [2.75, 3.05) is 0 Å². The summed E-state index contributed by atoms with van der Waals surface area (Å²) in [7, 11) is 0. The fraction of sp³-hybridized carbons (Fsp3) is 0.353. The fourth-order valence-corrected chi connectivity index (χ4v) is 5.01. The summed E-state index contributed by atoms with van der Waals surface area (Å²) in [6.45, 7) is 0. The number of carbonyl (C=O) groups is 2. The van der Waals surface area contributed by atoms with E-state index >= 15 is 0 Å². The Labute approximate surface area is 138 Å². The van der Waals surface area contributed by atoms with Gasteiger partial charge < -0.3 is 0 Å². The maximum absolute atomic E-state index is 12.6. The quantitative estimate of drug-likeness (QED) is 0.475. The van der Waals surface area contributed by atoms with Crippen molar-refractivity contribution < 1.29 is 9.59 Å². The predicted octanol–water partition coefficient (Wildman–Crippen LogP) is 3.01. The number of likely N-dealkylation sites (tertiary alicyclic amines) is 1. The molecule has 0 radical (unpaired) electrons. The lowest BCUT2D eigenvalue weighted by molar-refractivity contribution is -0.135. The highest BCUT2D eigenvalue weighted by Crippen LogP contribution is 2.52. The van der Waals surface area contributed by atoms with E-state index in [-0.39, 0.29) is 35.5 Å². The monoisotopic (exact) mass is 329 g/mol. The molecule has 1 aromatic carbocycles. The Hall–Kier alpha value is -1.46. The number of hydrogen-bond donors (Lipinski definition) is 0. The van der Waals surface area contributed by atoms with Gasteiger partial charge in [-0.15, -0.1) is 0 Å². The van der Waals surface area contributed by atoms with E-state index in [2.05, 4.69) is 12.2 Å². The summed E-state index contributed by atoms with van der Waals surface area (Å²) in [5, 5.41) is 0. The molecule has 1 saturated carbocycles. The van der Waals surface area contributed by atoms with E-state index in [4.69, 9.17) is 12.2 Å². The van der Waals surface area contributed by atoms with Crippen LogP contribution in [0, 0.1) is 23.7 Å². The SMILES string of the molecule is O=C1[C@@H]2[C@H](C(=O)N1C(=S)SCc1ccccc1)[C@H]1C=C[C@@H]2C1. The Kier molecular flexibility index (Phi) is 3.42. The van der Waals surface area contributed by atoms with Crippen LogP contribution in [0.15, 0.2) is 42.5 Å². The third kappa shape index (κ3) is 2.07. The number of allylic oxidation sites excluding steroid dienone is 2. The van der Waals surface area contributed by atoms with Crippen molar-refractivity contribution in [2.24, 2.45) is 23.7 Å². The van der Waals surface area contributed by atoms with Crippen molar-refractivity contribution in [3.63, 3.8) is 0 Å². The Morgan fingerprint density at radius 1 is 1.09 bits per heavy atom. The van der Waals surface area contributed by atoms with Crippen LogP contribution in [0.1, 0.15) is 12.0 Å². The first kappa shape index (κ1) is 14.2. The van der Waals surface area contributed by atoms with Crippen molar-refractivity contribution in [1.82, 2.24) is 4.90 Å². The molecule has 3 nitrogen and oxygen atoms in total. The van der Waals surface area contributed by atoms with Crippen LogP contribution >= 0.6 is 24.0 Å². The fourth-order valence-electron chi connectivity index (χ4n) is 3.87. The lowest BCUT2D eigenvalue weighted by Gasteiger charge is -2.17. The maximum atomic E-state index is 12.6. The molecule has 0 N–H and O–H groups in total. The summed E-state index contributed by atoms with van der Waals surface area (Å²) >= 11 is 6.76. The van der Waals surface area contributed by atoms with Gasteiger partial charge in [0.1, 0.15) is 4.32 Å². The molecule has 4 rings (SSSR count). The number of hydrogen-bond acceptors (Lipinski definition) is 4. The molecule has 1 aliphatic heterocycles. The lowest BCUT2D eigenvalue weighted by Crippen LogP contribution is -2.35. The zero-order valence-corrected chi connectivity index (χ0v) is 13.5. The summed E-state index contributed by atoms with van der Waals surface area (Å²) in [6.07, 6.45) is 5.14. The van der Waals surface area contributed by atoms with Gasteiger partial charge in [-0.25, -0.2) is 4.90 Å². The van der Waals surface area contributed by atoms with Crippen molar-refractivity contribution >= 4 is 40.1 Å². The van der Waals surface area contributed by atoms with Gasteiger partial charge in [0.15, 0.2) is 0 Å². The summed E-state index contributed by atoms with van der Waals surface area (Å²) < 4.78 is 0.396. The van der Waals surface area contributed by atoms with Gasteiger partial charge in [0.2, 0.25) is 11.8 Å². The number of amides is 2. The van der Waals surface area contributed by atoms with E-state index in [0.717, 1.165) is 12.0 Å². The number of nitrogens with zero attached hydrogens (tertiary/aromatic N) is 1. The molecule has 1 saturated heterocycles. The van der Waals surface area contributed by atoms with E-state index in [1.54, 1.807) is 0 Å². The molecular formula is C17H15NO2S2. The molecule has 0 unspecified atom stereocenters. The predicted molar refractivity (Wildman–Crippen MR) is 89.9 cm³/mol. The largest absolute Gasteiger partial charge is 0.274 e. The summed E-state index contributed by atoms with van der Waals surface area (Å²) in [4.78, 5) is 26.5. The van der Waals surface area contributed by atoms with Gasteiger partial charge in [0.05, 0.1) is 11.8 Å². The van der Waals surface area contributed by atoms with Crippen LogP contribution in [0.3, 0.4) is 0 Å². The molecule has 0 spiro atoms. The summed E-state index contributed by atoms with van der Waals surface area (Å²) in [5.41, 5.74) is 1.14. The second-order valence-electron chi connectivity index (χ2n) is 6.05. The molecule has 22 heavy (non-hydrogen) atoms. The smallest absolute Gasteiger partial charge is 0.239 e. The Morgan fingerprint density at radius 2 is 1.68 bits per heavy atom. The minimum absolute atomic E-state index is 0.0857. The van der Waals surface area contributed by atoms with Crippen LogP contribution in [0.4, 0.5) is 0 Å². The van der Waals surface area contributed by atoms with E-state index in [0.29, 0.717) is 10.1 Å². The number of imide groups is 1. The molecule has 112 valence electrons. The van der Waals surface area contributed by atoms with Gasteiger partial charge in [0.25, 0.3) is 0 Å². The number of thioether (sulfide) groups is 1. The maximum Gasteiger partial charge on any atom is 0.239 e. The Balaban J connectivity index is 1.48. The molecule has 2 bridgehead atoms. The molecule has 0 aromatic heterocycles. The zero-order valence-electron chi connectivity index (χ0n) is 11.8. The molecule has 2 fully saturated rings. The number of fused-ring (bicyclic) bond motifs is 5. The highest BCUT2D eigenvalue weighted by Gasteiger charge is 2.60. The van der Waals surface area contributed by atoms with E-state index in [9.17, 15) is 9.59 Å². The second kappa shape index (κ2) is 5.32. The van der Waals surface area contributed by atoms with Gasteiger partial charge in [-0.05, 0) is 23.8 Å². The molecule has 2 aliphatic carbocycles. The van der Waals surface area contributed by atoms with Crippen LogP contribution < -0.4 is 0 Å². The van der Waals surface area contributed by atoms with Gasteiger partial charge in [-0.3, -0.25) is 9.59 Å². The Bertz CT molecular complexity index is 655. The lowest BCUT2D eigenvalue weighted by atomic mass is 9.85. The first-order valence-corrected chi connectivity index (χ1v) is 8.83.